The summed E-state index contributed by atoms with van der Waals surface area (Å²) in [4.78, 5) is 19.2. The maximum absolute atomic E-state index is 14.3. The number of aryl methyl sites for hydroxylation is 1. The molecule has 0 radical (unpaired) electrons. The average molecular weight is 431 g/mol. The van der Waals surface area contributed by atoms with Crippen LogP contribution in [-0.2, 0) is 4.74 Å². The van der Waals surface area contributed by atoms with E-state index < -0.39 is 17.7 Å². The number of ether oxygens (including phenoxy) is 1. The maximum atomic E-state index is 14.3. The van der Waals surface area contributed by atoms with Crippen LogP contribution >= 0.6 is 0 Å². The van der Waals surface area contributed by atoms with Crippen LogP contribution in [0.25, 0.3) is 0 Å². The Labute approximate surface area is 177 Å². The molecule has 1 atom stereocenters. The van der Waals surface area contributed by atoms with E-state index in [1.54, 1.807) is 0 Å². The molecule has 12 heteroatoms. The number of hydrogen-bond acceptors (Lipinski definition) is 9. The predicted octanol–water partition coefficient (Wildman–Crippen LogP) is 2.58. The van der Waals surface area contributed by atoms with Gasteiger partial charge in [0.2, 0.25) is 17.8 Å². The van der Waals surface area contributed by atoms with E-state index in [0.29, 0.717) is 17.7 Å². The third-order valence-electron chi connectivity index (χ3n) is 4.72. The number of aromatic nitrogens is 6. The number of methoxy groups -OCH3 is 1. The van der Waals surface area contributed by atoms with Gasteiger partial charge in [-0.05, 0) is 12.8 Å². The van der Waals surface area contributed by atoms with Gasteiger partial charge in [0.05, 0.1) is 18.8 Å². The molecular weight excluding hydrogens is 408 g/mol. The quantitative estimate of drug-likeness (QED) is 0.495. The minimum Gasteiger partial charge on any atom is -0.382 e. The highest BCUT2D eigenvalue weighted by Crippen LogP contribution is 2.26. The number of H-pyrrole nitrogens is 1. The predicted molar refractivity (Wildman–Crippen MR) is 110 cm³/mol. The largest absolute Gasteiger partial charge is 0.382 e. The molecule has 1 fully saturated rings. The second kappa shape index (κ2) is 8.76. The summed E-state index contributed by atoms with van der Waals surface area (Å²) < 4.78 is 32.8. The molecule has 31 heavy (non-hydrogen) atoms. The van der Waals surface area contributed by atoms with Gasteiger partial charge in [-0.25, -0.2) is 8.78 Å². The number of pyridine rings is 1. The zero-order chi connectivity index (χ0) is 22.0. The fourth-order valence-electron chi connectivity index (χ4n) is 3.28. The molecule has 1 aliphatic heterocycles. The zero-order valence-electron chi connectivity index (χ0n) is 17.4. The van der Waals surface area contributed by atoms with Crippen molar-refractivity contribution >= 4 is 23.7 Å². The van der Waals surface area contributed by atoms with Crippen LogP contribution in [-0.4, -0.2) is 56.9 Å². The summed E-state index contributed by atoms with van der Waals surface area (Å²) in [6.45, 7) is 5.73. The summed E-state index contributed by atoms with van der Waals surface area (Å²) in [6, 6.07) is 1.85. The van der Waals surface area contributed by atoms with Gasteiger partial charge in [-0.15, -0.1) is 0 Å². The molecule has 3 aromatic rings. The molecule has 4 heterocycles. The average Bonchev–Trinajstić information content (AvgIpc) is 3.09. The Balaban J connectivity index is 1.64. The zero-order valence-corrected chi connectivity index (χ0v) is 17.4. The molecule has 0 saturated carbocycles. The summed E-state index contributed by atoms with van der Waals surface area (Å²) in [5, 5.41) is 13.1. The van der Waals surface area contributed by atoms with E-state index in [-0.39, 0.29) is 24.2 Å². The number of hydrogen-bond donors (Lipinski definition) is 3. The van der Waals surface area contributed by atoms with Gasteiger partial charge in [0.15, 0.2) is 5.82 Å². The van der Waals surface area contributed by atoms with E-state index in [0.717, 1.165) is 31.0 Å². The van der Waals surface area contributed by atoms with Crippen molar-refractivity contribution in [2.45, 2.75) is 19.9 Å². The highest BCUT2D eigenvalue weighted by atomic mass is 19.1. The van der Waals surface area contributed by atoms with E-state index in [4.69, 9.17) is 4.74 Å². The Bertz CT molecular complexity index is 1050. The third-order valence-corrected chi connectivity index (χ3v) is 4.72. The molecule has 3 N–H and O–H groups in total. The van der Waals surface area contributed by atoms with Crippen molar-refractivity contribution in [3.8, 4) is 0 Å². The number of nitrogens with one attached hydrogen (secondary N) is 3. The second-order valence-corrected chi connectivity index (χ2v) is 7.53. The van der Waals surface area contributed by atoms with Crippen LogP contribution in [0.15, 0.2) is 18.3 Å². The smallest absolute Gasteiger partial charge is 0.235 e. The fraction of sp³-hybridized carbons (Fsp3) is 0.421. The van der Waals surface area contributed by atoms with Crippen molar-refractivity contribution in [2.24, 2.45) is 5.92 Å². The van der Waals surface area contributed by atoms with Crippen molar-refractivity contribution in [3.05, 3.63) is 41.4 Å². The molecule has 0 bridgehead atoms. The molecule has 0 aromatic carbocycles. The number of rotatable bonds is 8. The van der Waals surface area contributed by atoms with Crippen molar-refractivity contribution in [3.63, 3.8) is 0 Å². The third kappa shape index (κ3) is 4.85. The summed E-state index contributed by atoms with van der Waals surface area (Å²) in [5.41, 5.74) is 0.880. The standard InChI is InChI=1S/C19H23F2N9O/c1-10-7-30(8-10)19-26-17(25-18(27-19)24-15-4-11(2)28-29-15)23-14(9-31-3)16-13(21)5-12(20)6-22-16/h4-6,10,14H,7-9H2,1-3H3,(H3,23,24,25,26,27,28,29). The number of anilines is 4. The monoisotopic (exact) mass is 431 g/mol. The van der Waals surface area contributed by atoms with Gasteiger partial charge in [0, 0.05) is 38.0 Å². The highest BCUT2D eigenvalue weighted by Gasteiger charge is 2.27. The normalized spacial score (nSPS) is 14.9. The van der Waals surface area contributed by atoms with Crippen LogP contribution in [0.4, 0.5) is 32.4 Å². The lowest BCUT2D eigenvalue weighted by atomic mass is 10.0. The van der Waals surface area contributed by atoms with E-state index in [2.05, 4.69) is 47.7 Å². The van der Waals surface area contributed by atoms with E-state index >= 15 is 0 Å². The first-order valence-corrected chi connectivity index (χ1v) is 9.77. The van der Waals surface area contributed by atoms with Crippen LogP contribution in [0, 0.1) is 24.5 Å². The molecule has 0 amide bonds. The molecular formula is C19H23F2N9O. The summed E-state index contributed by atoms with van der Waals surface area (Å²) >= 11 is 0. The fourth-order valence-corrected chi connectivity index (χ4v) is 3.28. The molecule has 1 saturated heterocycles. The molecule has 1 aliphatic rings. The van der Waals surface area contributed by atoms with Crippen molar-refractivity contribution < 1.29 is 13.5 Å². The van der Waals surface area contributed by atoms with Crippen LogP contribution in [0.2, 0.25) is 0 Å². The van der Waals surface area contributed by atoms with Gasteiger partial charge < -0.3 is 20.3 Å². The van der Waals surface area contributed by atoms with E-state index in [9.17, 15) is 8.78 Å². The lowest BCUT2D eigenvalue weighted by Crippen LogP contribution is -2.46. The first-order chi connectivity index (χ1) is 14.9. The maximum Gasteiger partial charge on any atom is 0.235 e. The van der Waals surface area contributed by atoms with Crippen molar-refractivity contribution in [1.82, 2.24) is 30.1 Å². The van der Waals surface area contributed by atoms with Gasteiger partial charge in [0.25, 0.3) is 0 Å². The number of halogens is 2. The Hall–Kier alpha value is -3.41. The topological polar surface area (TPSA) is 117 Å². The molecule has 0 aliphatic carbocycles. The lowest BCUT2D eigenvalue weighted by Gasteiger charge is -2.37. The lowest BCUT2D eigenvalue weighted by molar-refractivity contribution is 0.183. The molecule has 1 unspecified atom stereocenters. The Morgan fingerprint density at radius 2 is 2.00 bits per heavy atom. The molecule has 164 valence electrons. The van der Waals surface area contributed by atoms with Gasteiger partial charge in [0.1, 0.15) is 17.3 Å². The minimum atomic E-state index is -0.786. The Kier molecular flexibility index (Phi) is 5.89. The van der Waals surface area contributed by atoms with Gasteiger partial charge in [-0.2, -0.15) is 20.1 Å². The van der Waals surface area contributed by atoms with Crippen LogP contribution in [0.1, 0.15) is 24.4 Å². The first-order valence-electron chi connectivity index (χ1n) is 9.77. The van der Waals surface area contributed by atoms with E-state index in [1.807, 2.05) is 17.9 Å². The van der Waals surface area contributed by atoms with Crippen LogP contribution in [0.3, 0.4) is 0 Å². The highest BCUT2D eigenvalue weighted by molar-refractivity contribution is 5.53. The molecule has 0 spiro atoms. The number of aromatic amines is 1. The van der Waals surface area contributed by atoms with Crippen LogP contribution in [0.5, 0.6) is 0 Å². The van der Waals surface area contributed by atoms with Gasteiger partial charge >= 0.3 is 0 Å². The Morgan fingerprint density at radius 3 is 2.65 bits per heavy atom. The molecule has 10 nitrogen and oxygen atoms in total. The summed E-state index contributed by atoms with van der Waals surface area (Å²) in [6.07, 6.45) is 0.954. The first kappa shape index (κ1) is 20.8. The summed E-state index contributed by atoms with van der Waals surface area (Å²) in [7, 11) is 1.48. The van der Waals surface area contributed by atoms with Gasteiger partial charge in [-0.3, -0.25) is 10.1 Å². The number of nitrogens with zero attached hydrogens (tertiary/aromatic N) is 6. The van der Waals surface area contributed by atoms with Crippen LogP contribution < -0.4 is 15.5 Å². The SMILES string of the molecule is COCC(Nc1nc(Nc2cc(C)[nH]n2)nc(N2CC(C)C2)n1)c1ncc(F)cc1F. The van der Waals surface area contributed by atoms with Gasteiger partial charge in [-0.1, -0.05) is 6.92 Å². The Morgan fingerprint density at radius 1 is 1.23 bits per heavy atom. The minimum absolute atomic E-state index is 0.000204. The van der Waals surface area contributed by atoms with Crippen molar-refractivity contribution in [2.75, 3.05) is 42.3 Å². The summed E-state index contributed by atoms with van der Waals surface area (Å²) in [5.74, 6) is 0.510. The molecule has 3 aromatic heterocycles. The second-order valence-electron chi connectivity index (χ2n) is 7.53. The molecule has 4 rings (SSSR count). The van der Waals surface area contributed by atoms with Crippen molar-refractivity contribution in [1.29, 1.82) is 0 Å². The van der Waals surface area contributed by atoms with E-state index in [1.165, 1.54) is 7.11 Å².